The molecule has 0 aliphatic heterocycles. The number of carbonyl (C=O) groups is 1. The number of hydrogen-bond donors (Lipinski definition) is 1. The van der Waals surface area contributed by atoms with Gasteiger partial charge in [0.05, 0.1) is 12.6 Å². The number of carbonyl (C=O) groups excluding carboxylic acids is 1. The van der Waals surface area contributed by atoms with Crippen LogP contribution in [0.4, 0.5) is 0 Å². The minimum Gasteiger partial charge on any atom is -0.482 e. The molecular formula is C11H13N3O2. The number of aromatic nitrogens is 2. The van der Waals surface area contributed by atoms with Gasteiger partial charge in [-0.05, 0) is 12.1 Å². The van der Waals surface area contributed by atoms with Crippen LogP contribution in [0.15, 0.2) is 18.2 Å². The number of imidazole rings is 1. The minimum atomic E-state index is -0.523. The number of hydrogen-bond acceptors (Lipinski definition) is 3. The third-order valence-corrected chi connectivity index (χ3v) is 2.45. The van der Waals surface area contributed by atoms with Crippen LogP contribution < -0.4 is 10.5 Å². The van der Waals surface area contributed by atoms with Gasteiger partial charge in [-0.25, -0.2) is 4.98 Å². The Morgan fingerprint density at radius 1 is 1.56 bits per heavy atom. The summed E-state index contributed by atoms with van der Waals surface area (Å²) in [6.45, 7) is 1.96. The number of primary amides is 1. The van der Waals surface area contributed by atoms with Gasteiger partial charge >= 0.3 is 0 Å². The molecular weight excluding hydrogens is 206 g/mol. The number of amides is 1. The van der Waals surface area contributed by atoms with E-state index in [1.165, 1.54) is 0 Å². The van der Waals surface area contributed by atoms with Crippen LogP contribution in [-0.2, 0) is 6.42 Å². The lowest BCUT2D eigenvalue weighted by atomic mass is 10.3. The highest BCUT2D eigenvalue weighted by molar-refractivity contribution is 5.98. The van der Waals surface area contributed by atoms with Gasteiger partial charge in [0.25, 0.3) is 5.91 Å². The second-order valence-corrected chi connectivity index (χ2v) is 3.38. The maximum absolute atomic E-state index is 11.2. The first kappa shape index (κ1) is 10.5. The van der Waals surface area contributed by atoms with Crippen molar-refractivity contribution in [3.8, 4) is 5.88 Å². The van der Waals surface area contributed by atoms with Crippen molar-refractivity contribution >= 4 is 11.4 Å². The molecule has 0 saturated carbocycles. The van der Waals surface area contributed by atoms with E-state index in [-0.39, 0.29) is 5.69 Å². The average molecular weight is 219 g/mol. The number of nitrogens with two attached hydrogens (primary N) is 1. The predicted molar refractivity (Wildman–Crippen MR) is 59.6 cm³/mol. The number of fused-ring (bicyclic) bond motifs is 1. The second kappa shape index (κ2) is 3.84. The zero-order chi connectivity index (χ0) is 11.7. The SMILES string of the molecule is CCc1nc(C(N)=O)c2cccc(OC)n12. The Hall–Kier alpha value is -2.04. The molecule has 0 unspecified atom stereocenters. The Balaban J connectivity index is 2.84. The van der Waals surface area contributed by atoms with Gasteiger partial charge in [0.15, 0.2) is 11.6 Å². The molecule has 0 aliphatic carbocycles. The standard InChI is InChI=1S/C11H13N3O2/c1-3-8-13-10(11(12)15)7-5-4-6-9(16-2)14(7)8/h4-6H,3H2,1-2H3,(H2,12,15). The Bertz CT molecular complexity index is 545. The summed E-state index contributed by atoms with van der Waals surface area (Å²) in [5, 5.41) is 0. The van der Waals surface area contributed by atoms with E-state index in [0.29, 0.717) is 17.8 Å². The van der Waals surface area contributed by atoms with Gasteiger partial charge in [-0.3, -0.25) is 9.20 Å². The van der Waals surface area contributed by atoms with E-state index >= 15 is 0 Å². The fourth-order valence-electron chi connectivity index (χ4n) is 1.75. The molecule has 84 valence electrons. The van der Waals surface area contributed by atoms with Crippen molar-refractivity contribution in [3.05, 3.63) is 29.7 Å². The smallest absolute Gasteiger partial charge is 0.269 e. The van der Waals surface area contributed by atoms with Gasteiger partial charge in [-0.1, -0.05) is 13.0 Å². The number of nitrogens with zero attached hydrogens (tertiary/aromatic N) is 2. The fourth-order valence-corrected chi connectivity index (χ4v) is 1.75. The molecule has 2 N–H and O–H groups in total. The number of ether oxygens (including phenoxy) is 1. The van der Waals surface area contributed by atoms with E-state index in [2.05, 4.69) is 4.98 Å². The number of pyridine rings is 1. The Labute approximate surface area is 92.8 Å². The van der Waals surface area contributed by atoms with Crippen LogP contribution in [0.5, 0.6) is 5.88 Å². The lowest BCUT2D eigenvalue weighted by molar-refractivity contribution is 0.0997. The summed E-state index contributed by atoms with van der Waals surface area (Å²) in [5.41, 5.74) is 6.26. The highest BCUT2D eigenvalue weighted by atomic mass is 16.5. The summed E-state index contributed by atoms with van der Waals surface area (Å²) in [5.74, 6) is 0.890. The van der Waals surface area contributed by atoms with Crippen molar-refractivity contribution in [2.24, 2.45) is 5.73 Å². The van der Waals surface area contributed by atoms with Gasteiger partial charge in [0.2, 0.25) is 0 Å². The van der Waals surface area contributed by atoms with E-state index in [9.17, 15) is 4.79 Å². The van der Waals surface area contributed by atoms with Crippen molar-refractivity contribution in [1.29, 1.82) is 0 Å². The van der Waals surface area contributed by atoms with Gasteiger partial charge in [-0.15, -0.1) is 0 Å². The Kier molecular flexibility index (Phi) is 2.52. The molecule has 1 amide bonds. The number of methoxy groups -OCH3 is 1. The molecule has 2 rings (SSSR count). The summed E-state index contributed by atoms with van der Waals surface area (Å²) in [7, 11) is 1.58. The lowest BCUT2D eigenvalue weighted by Crippen LogP contribution is -2.11. The zero-order valence-corrected chi connectivity index (χ0v) is 9.23. The van der Waals surface area contributed by atoms with Crippen LogP contribution in [0.1, 0.15) is 23.2 Å². The molecule has 0 fully saturated rings. The summed E-state index contributed by atoms with van der Waals surface area (Å²) in [6, 6.07) is 5.43. The van der Waals surface area contributed by atoms with Gasteiger partial charge < -0.3 is 10.5 Å². The average Bonchev–Trinajstić information content (AvgIpc) is 2.67. The van der Waals surface area contributed by atoms with Crippen molar-refractivity contribution in [3.63, 3.8) is 0 Å². The fraction of sp³-hybridized carbons (Fsp3) is 0.273. The quantitative estimate of drug-likeness (QED) is 0.837. The van der Waals surface area contributed by atoms with Crippen LogP contribution >= 0.6 is 0 Å². The molecule has 0 aliphatic rings. The molecule has 2 aromatic heterocycles. The third kappa shape index (κ3) is 1.41. The van der Waals surface area contributed by atoms with Crippen molar-refractivity contribution in [2.75, 3.05) is 7.11 Å². The highest BCUT2D eigenvalue weighted by Crippen LogP contribution is 2.20. The van der Waals surface area contributed by atoms with Crippen LogP contribution in [0.3, 0.4) is 0 Å². The van der Waals surface area contributed by atoms with Crippen LogP contribution in [0.2, 0.25) is 0 Å². The Morgan fingerprint density at radius 3 is 2.88 bits per heavy atom. The summed E-state index contributed by atoms with van der Waals surface area (Å²) in [4.78, 5) is 15.5. The number of aryl methyl sites for hydroxylation is 1. The van der Waals surface area contributed by atoms with Gasteiger partial charge in [0, 0.05) is 6.42 Å². The molecule has 2 aromatic rings. The molecule has 0 aromatic carbocycles. The van der Waals surface area contributed by atoms with E-state index in [1.54, 1.807) is 17.6 Å². The maximum atomic E-state index is 11.2. The number of rotatable bonds is 3. The summed E-state index contributed by atoms with van der Waals surface area (Å²) in [6.07, 6.45) is 0.703. The normalized spacial score (nSPS) is 10.6. The minimum absolute atomic E-state index is 0.288. The van der Waals surface area contributed by atoms with E-state index in [1.807, 2.05) is 19.1 Å². The predicted octanol–water partition coefficient (Wildman–Crippen LogP) is 1.00. The van der Waals surface area contributed by atoms with Crippen LogP contribution in [0.25, 0.3) is 5.52 Å². The van der Waals surface area contributed by atoms with E-state index in [4.69, 9.17) is 10.5 Å². The molecule has 5 nitrogen and oxygen atoms in total. The molecule has 0 saturated heterocycles. The zero-order valence-electron chi connectivity index (χ0n) is 9.23. The molecule has 0 radical (unpaired) electrons. The lowest BCUT2D eigenvalue weighted by Gasteiger charge is -2.05. The first-order valence-corrected chi connectivity index (χ1v) is 5.03. The molecule has 16 heavy (non-hydrogen) atoms. The second-order valence-electron chi connectivity index (χ2n) is 3.38. The molecule has 2 heterocycles. The van der Waals surface area contributed by atoms with E-state index < -0.39 is 5.91 Å². The summed E-state index contributed by atoms with van der Waals surface area (Å²) >= 11 is 0. The van der Waals surface area contributed by atoms with Gasteiger partial charge in [-0.2, -0.15) is 0 Å². The monoisotopic (exact) mass is 219 g/mol. The van der Waals surface area contributed by atoms with Gasteiger partial charge in [0.1, 0.15) is 5.82 Å². The van der Waals surface area contributed by atoms with Crippen LogP contribution in [0, 0.1) is 0 Å². The van der Waals surface area contributed by atoms with E-state index in [0.717, 1.165) is 5.82 Å². The molecule has 0 bridgehead atoms. The summed E-state index contributed by atoms with van der Waals surface area (Å²) < 4.78 is 7.04. The van der Waals surface area contributed by atoms with Crippen molar-refractivity contribution in [2.45, 2.75) is 13.3 Å². The first-order valence-electron chi connectivity index (χ1n) is 5.03. The Morgan fingerprint density at radius 2 is 2.31 bits per heavy atom. The van der Waals surface area contributed by atoms with Crippen molar-refractivity contribution < 1.29 is 9.53 Å². The maximum Gasteiger partial charge on any atom is 0.269 e. The largest absolute Gasteiger partial charge is 0.482 e. The highest BCUT2D eigenvalue weighted by Gasteiger charge is 2.16. The molecule has 5 heteroatoms. The molecule has 0 atom stereocenters. The molecule has 0 spiro atoms. The first-order chi connectivity index (χ1) is 7.69. The third-order valence-electron chi connectivity index (χ3n) is 2.45. The van der Waals surface area contributed by atoms with Crippen LogP contribution in [-0.4, -0.2) is 22.4 Å². The topological polar surface area (TPSA) is 69.6 Å². The van der Waals surface area contributed by atoms with Crippen molar-refractivity contribution in [1.82, 2.24) is 9.38 Å².